The minimum Gasteiger partial charge on any atom is -0.305 e. The molecule has 2 rings (SSSR count). The van der Waals surface area contributed by atoms with Crippen LogP contribution in [0.3, 0.4) is 0 Å². The van der Waals surface area contributed by atoms with Crippen LogP contribution >= 0.6 is 11.8 Å². The molecular formula is C14H20N4S. The van der Waals surface area contributed by atoms with Crippen LogP contribution in [0, 0.1) is 0 Å². The maximum atomic E-state index is 4.01. The summed E-state index contributed by atoms with van der Waals surface area (Å²) in [4.78, 5) is 1.31. The van der Waals surface area contributed by atoms with Crippen LogP contribution in [0.2, 0.25) is 0 Å². The zero-order valence-electron chi connectivity index (χ0n) is 11.6. The average molecular weight is 276 g/mol. The van der Waals surface area contributed by atoms with Crippen molar-refractivity contribution in [1.82, 2.24) is 20.3 Å². The molecule has 0 aliphatic rings. The average Bonchev–Trinajstić information content (AvgIpc) is 2.84. The molecule has 1 N–H and O–H groups in total. The molecule has 19 heavy (non-hydrogen) atoms. The maximum absolute atomic E-state index is 4.01. The lowest BCUT2D eigenvalue weighted by molar-refractivity contribution is 0.568. The molecule has 0 bridgehead atoms. The summed E-state index contributed by atoms with van der Waals surface area (Å²) in [6.45, 7) is 5.18. The lowest BCUT2D eigenvalue weighted by Gasteiger charge is -2.18. The number of rotatable bonds is 6. The first kappa shape index (κ1) is 14.1. The number of hydrogen-bond donors (Lipinski definition) is 1. The summed E-state index contributed by atoms with van der Waals surface area (Å²) in [5.41, 5.74) is 2.32. The molecule has 1 aromatic heterocycles. The van der Waals surface area contributed by atoms with Gasteiger partial charge in [0.25, 0.3) is 0 Å². The molecule has 4 nitrogen and oxygen atoms in total. The first-order chi connectivity index (χ1) is 9.26. The van der Waals surface area contributed by atoms with Crippen LogP contribution in [0.25, 0.3) is 0 Å². The summed E-state index contributed by atoms with van der Waals surface area (Å²) in [6, 6.07) is 8.86. The molecule has 0 aliphatic carbocycles. The summed E-state index contributed by atoms with van der Waals surface area (Å²) in [6.07, 6.45) is 1.82. The molecule has 1 unspecified atom stereocenters. The molecule has 0 amide bonds. The molecular weight excluding hydrogens is 256 g/mol. The Bertz CT molecular complexity index is 506. The molecule has 5 heteroatoms. The van der Waals surface area contributed by atoms with Crippen molar-refractivity contribution in [3.05, 3.63) is 41.7 Å². The maximum Gasteiger partial charge on any atom is 0.0798 e. The minimum atomic E-state index is 0.144. The molecule has 0 saturated heterocycles. The van der Waals surface area contributed by atoms with E-state index in [1.165, 1.54) is 10.5 Å². The van der Waals surface area contributed by atoms with Crippen LogP contribution < -0.4 is 5.32 Å². The van der Waals surface area contributed by atoms with Crippen molar-refractivity contribution < 1.29 is 0 Å². The van der Waals surface area contributed by atoms with Crippen LogP contribution in [0.5, 0.6) is 0 Å². The van der Waals surface area contributed by atoms with Gasteiger partial charge in [-0.05, 0) is 30.0 Å². The van der Waals surface area contributed by atoms with Crippen molar-refractivity contribution in [2.24, 2.45) is 7.05 Å². The molecule has 0 spiro atoms. The number of aromatic nitrogens is 3. The van der Waals surface area contributed by atoms with Gasteiger partial charge in [-0.15, -0.1) is 16.9 Å². The van der Waals surface area contributed by atoms with Crippen molar-refractivity contribution in [2.75, 3.05) is 12.3 Å². The van der Waals surface area contributed by atoms with Crippen LogP contribution in [-0.2, 0) is 7.05 Å². The van der Waals surface area contributed by atoms with Crippen LogP contribution in [0.15, 0.2) is 35.4 Å². The number of hydrogen-bond acceptors (Lipinski definition) is 4. The van der Waals surface area contributed by atoms with E-state index in [1.807, 2.05) is 29.7 Å². The second kappa shape index (κ2) is 6.73. The summed E-state index contributed by atoms with van der Waals surface area (Å²) in [5.74, 6) is 1.10. The lowest BCUT2D eigenvalue weighted by atomic mass is 10.0. The number of thioether (sulfide) groups is 1. The molecule has 1 aromatic carbocycles. The summed E-state index contributed by atoms with van der Waals surface area (Å²) in [7, 11) is 1.92. The first-order valence-corrected chi connectivity index (χ1v) is 7.55. The van der Waals surface area contributed by atoms with Gasteiger partial charge in [0, 0.05) is 11.9 Å². The summed E-state index contributed by atoms with van der Waals surface area (Å²) >= 11 is 1.86. The van der Waals surface area contributed by atoms with Crippen molar-refractivity contribution in [2.45, 2.75) is 24.8 Å². The van der Waals surface area contributed by atoms with Gasteiger partial charge in [-0.3, -0.25) is 4.68 Å². The smallest absolute Gasteiger partial charge is 0.0798 e. The third-order valence-corrected chi connectivity index (χ3v) is 3.87. The van der Waals surface area contributed by atoms with Crippen molar-refractivity contribution in [1.29, 1.82) is 0 Å². The van der Waals surface area contributed by atoms with Gasteiger partial charge in [0.1, 0.15) is 0 Å². The van der Waals surface area contributed by atoms with Crippen molar-refractivity contribution in [3.63, 3.8) is 0 Å². The number of nitrogens with zero attached hydrogens (tertiary/aromatic N) is 3. The van der Waals surface area contributed by atoms with Gasteiger partial charge in [0.15, 0.2) is 0 Å². The molecule has 0 radical (unpaired) electrons. The van der Waals surface area contributed by atoms with Gasteiger partial charge in [-0.2, -0.15) is 0 Å². The Morgan fingerprint density at radius 2 is 2.00 bits per heavy atom. The molecule has 0 fully saturated rings. The SMILES string of the molecule is CCNC(c1ccc(SCC)cc1)c1cnnn1C. The van der Waals surface area contributed by atoms with E-state index < -0.39 is 0 Å². The second-order valence-electron chi connectivity index (χ2n) is 4.28. The highest BCUT2D eigenvalue weighted by molar-refractivity contribution is 7.99. The third-order valence-electron chi connectivity index (χ3n) is 2.98. The zero-order chi connectivity index (χ0) is 13.7. The van der Waals surface area contributed by atoms with E-state index in [0.717, 1.165) is 18.0 Å². The highest BCUT2D eigenvalue weighted by Gasteiger charge is 2.16. The Hall–Kier alpha value is -1.33. The quantitative estimate of drug-likeness (QED) is 0.824. The van der Waals surface area contributed by atoms with Gasteiger partial charge in [0.2, 0.25) is 0 Å². The van der Waals surface area contributed by atoms with Gasteiger partial charge in [-0.25, -0.2) is 0 Å². The van der Waals surface area contributed by atoms with Gasteiger partial charge in [0.05, 0.1) is 17.9 Å². The lowest BCUT2D eigenvalue weighted by Crippen LogP contribution is -2.24. The number of aryl methyl sites for hydroxylation is 1. The van der Waals surface area contributed by atoms with Crippen LogP contribution in [0.1, 0.15) is 31.1 Å². The van der Waals surface area contributed by atoms with E-state index in [1.54, 1.807) is 0 Å². The molecule has 2 aromatic rings. The predicted molar refractivity (Wildman–Crippen MR) is 79.4 cm³/mol. The molecule has 1 atom stereocenters. The summed E-state index contributed by atoms with van der Waals surface area (Å²) < 4.78 is 1.82. The molecule has 0 aliphatic heterocycles. The van der Waals surface area contributed by atoms with E-state index in [9.17, 15) is 0 Å². The molecule has 0 saturated carbocycles. The van der Waals surface area contributed by atoms with Gasteiger partial charge >= 0.3 is 0 Å². The fourth-order valence-electron chi connectivity index (χ4n) is 2.08. The topological polar surface area (TPSA) is 42.7 Å². The first-order valence-electron chi connectivity index (χ1n) is 6.57. The highest BCUT2D eigenvalue weighted by Crippen LogP contribution is 2.24. The van der Waals surface area contributed by atoms with E-state index in [-0.39, 0.29) is 6.04 Å². The predicted octanol–water partition coefficient (Wildman–Crippen LogP) is 2.63. The van der Waals surface area contributed by atoms with E-state index in [4.69, 9.17) is 0 Å². The Labute approximate surface area is 118 Å². The number of benzene rings is 1. The van der Waals surface area contributed by atoms with Gasteiger partial charge in [-0.1, -0.05) is 31.2 Å². The molecule has 102 valence electrons. The number of nitrogens with one attached hydrogen (secondary N) is 1. The zero-order valence-corrected chi connectivity index (χ0v) is 12.4. The largest absolute Gasteiger partial charge is 0.305 e. The van der Waals surface area contributed by atoms with E-state index in [2.05, 4.69) is 53.7 Å². The Morgan fingerprint density at radius 1 is 1.26 bits per heavy atom. The third kappa shape index (κ3) is 3.36. The summed E-state index contributed by atoms with van der Waals surface area (Å²) in [5, 5.41) is 11.5. The van der Waals surface area contributed by atoms with E-state index >= 15 is 0 Å². The van der Waals surface area contributed by atoms with Crippen LogP contribution in [-0.4, -0.2) is 27.3 Å². The Kier molecular flexibility index (Phi) is 4.99. The second-order valence-corrected chi connectivity index (χ2v) is 5.61. The van der Waals surface area contributed by atoms with Gasteiger partial charge < -0.3 is 5.32 Å². The van der Waals surface area contributed by atoms with Crippen molar-refractivity contribution in [3.8, 4) is 0 Å². The molecule has 1 heterocycles. The van der Waals surface area contributed by atoms with E-state index in [0.29, 0.717) is 0 Å². The Morgan fingerprint density at radius 3 is 2.53 bits per heavy atom. The fraction of sp³-hybridized carbons (Fsp3) is 0.429. The monoisotopic (exact) mass is 276 g/mol. The minimum absolute atomic E-state index is 0.144. The fourth-order valence-corrected chi connectivity index (χ4v) is 2.74. The van der Waals surface area contributed by atoms with Crippen molar-refractivity contribution >= 4 is 11.8 Å². The van der Waals surface area contributed by atoms with Crippen LogP contribution in [0.4, 0.5) is 0 Å². The Balaban J connectivity index is 2.26. The standard InChI is InChI=1S/C14H20N4S/c1-4-15-14(13-10-16-17-18(13)3)11-6-8-12(9-7-11)19-5-2/h6-10,14-15H,4-5H2,1-3H3. The normalized spacial score (nSPS) is 12.6. The highest BCUT2D eigenvalue weighted by atomic mass is 32.2.